The second-order valence-corrected chi connectivity index (χ2v) is 6.27. The number of hydrogen-bond acceptors (Lipinski definition) is 3. The lowest BCUT2D eigenvalue weighted by atomic mass is 9.96. The van der Waals surface area contributed by atoms with Crippen LogP contribution < -0.4 is 5.32 Å². The number of amides is 1. The topological polar surface area (TPSA) is 41.6 Å². The van der Waals surface area contributed by atoms with Gasteiger partial charge >= 0.3 is 0 Å². The Morgan fingerprint density at radius 3 is 2.43 bits per heavy atom. The van der Waals surface area contributed by atoms with Crippen molar-refractivity contribution in [2.75, 3.05) is 32.8 Å². The van der Waals surface area contributed by atoms with Crippen LogP contribution in [0, 0.1) is 11.8 Å². The third kappa shape index (κ3) is 8.03. The smallest absolute Gasteiger partial charge is 0.251 e. The molecule has 1 N–H and O–H groups in total. The summed E-state index contributed by atoms with van der Waals surface area (Å²) in [5, 5.41) is 3.40. The summed E-state index contributed by atoms with van der Waals surface area (Å²) in [6, 6.07) is 0. The second-order valence-electron chi connectivity index (χ2n) is 6.27. The average molecular weight is 321 g/mol. The standard InChI is InChI=1S/C16H32N2O2.ClH/c1-5-17-12-15-6-9-18(10-7-15)16(19)14(4)20-11-8-13(2)3;/h13-15,17H,5-12H2,1-4H3;1H. The fraction of sp³-hybridized carbons (Fsp3) is 0.938. The summed E-state index contributed by atoms with van der Waals surface area (Å²) in [5.74, 6) is 1.51. The van der Waals surface area contributed by atoms with E-state index in [0.717, 1.165) is 51.4 Å². The molecule has 0 aromatic carbocycles. The van der Waals surface area contributed by atoms with E-state index >= 15 is 0 Å². The lowest BCUT2D eigenvalue weighted by Crippen LogP contribution is -2.45. The van der Waals surface area contributed by atoms with Crippen molar-refractivity contribution in [3.05, 3.63) is 0 Å². The highest BCUT2D eigenvalue weighted by molar-refractivity contribution is 5.85. The van der Waals surface area contributed by atoms with Crippen molar-refractivity contribution in [2.45, 2.75) is 53.1 Å². The van der Waals surface area contributed by atoms with Gasteiger partial charge in [0.2, 0.25) is 0 Å². The molecule has 1 atom stereocenters. The number of nitrogens with zero attached hydrogens (tertiary/aromatic N) is 1. The zero-order chi connectivity index (χ0) is 15.0. The van der Waals surface area contributed by atoms with Crippen molar-refractivity contribution in [3.63, 3.8) is 0 Å². The molecule has 1 rings (SSSR count). The Morgan fingerprint density at radius 2 is 1.90 bits per heavy atom. The zero-order valence-corrected chi connectivity index (χ0v) is 14.9. The van der Waals surface area contributed by atoms with Crippen molar-refractivity contribution in [1.82, 2.24) is 10.2 Å². The predicted octanol–water partition coefficient (Wildman–Crippen LogP) is 2.71. The number of rotatable bonds is 8. The highest BCUT2D eigenvalue weighted by Gasteiger charge is 2.26. The average Bonchev–Trinajstić information content (AvgIpc) is 2.44. The van der Waals surface area contributed by atoms with Crippen LogP contribution in [0.2, 0.25) is 0 Å². The van der Waals surface area contributed by atoms with E-state index < -0.39 is 0 Å². The van der Waals surface area contributed by atoms with E-state index in [1.54, 1.807) is 0 Å². The lowest BCUT2D eigenvalue weighted by molar-refractivity contribution is -0.144. The molecule has 0 saturated carbocycles. The highest BCUT2D eigenvalue weighted by atomic mass is 35.5. The molecular formula is C16H33ClN2O2. The van der Waals surface area contributed by atoms with Gasteiger partial charge in [-0.3, -0.25) is 4.79 Å². The van der Waals surface area contributed by atoms with Gasteiger partial charge in [0.25, 0.3) is 5.91 Å². The number of carbonyl (C=O) groups is 1. The SMILES string of the molecule is CCNCC1CCN(C(=O)C(C)OCCC(C)C)CC1.Cl. The van der Waals surface area contributed by atoms with E-state index in [9.17, 15) is 4.79 Å². The number of nitrogens with one attached hydrogen (secondary N) is 1. The van der Waals surface area contributed by atoms with Crippen LogP contribution in [0.5, 0.6) is 0 Å². The Balaban J connectivity index is 0.00000400. The molecule has 1 heterocycles. The highest BCUT2D eigenvalue weighted by Crippen LogP contribution is 2.17. The first-order chi connectivity index (χ1) is 9.54. The van der Waals surface area contributed by atoms with E-state index in [2.05, 4.69) is 26.1 Å². The first kappa shape index (κ1) is 20.7. The molecule has 1 saturated heterocycles. The van der Waals surface area contributed by atoms with Crippen LogP contribution in [-0.4, -0.2) is 49.7 Å². The van der Waals surface area contributed by atoms with Crippen molar-refractivity contribution in [3.8, 4) is 0 Å². The minimum atomic E-state index is -0.293. The summed E-state index contributed by atoms with van der Waals surface area (Å²) >= 11 is 0. The molecule has 1 aliphatic heterocycles. The lowest BCUT2D eigenvalue weighted by Gasteiger charge is -2.33. The molecule has 0 bridgehead atoms. The molecule has 126 valence electrons. The van der Waals surface area contributed by atoms with Gasteiger partial charge in [-0.2, -0.15) is 0 Å². The molecule has 4 nitrogen and oxygen atoms in total. The summed E-state index contributed by atoms with van der Waals surface area (Å²) in [7, 11) is 0. The number of ether oxygens (including phenoxy) is 1. The van der Waals surface area contributed by atoms with Crippen molar-refractivity contribution in [1.29, 1.82) is 0 Å². The van der Waals surface area contributed by atoms with Gasteiger partial charge in [-0.05, 0) is 51.1 Å². The molecule has 5 heteroatoms. The Bertz CT molecular complexity index is 279. The van der Waals surface area contributed by atoms with Crippen LogP contribution in [0.15, 0.2) is 0 Å². The summed E-state index contributed by atoms with van der Waals surface area (Å²) < 4.78 is 5.66. The Hall–Kier alpha value is -0.320. The number of piperidine rings is 1. The molecule has 1 fully saturated rings. The van der Waals surface area contributed by atoms with Crippen molar-refractivity contribution >= 4 is 18.3 Å². The van der Waals surface area contributed by atoms with Gasteiger partial charge in [-0.1, -0.05) is 20.8 Å². The summed E-state index contributed by atoms with van der Waals surface area (Å²) in [6.45, 7) is 12.9. The minimum Gasteiger partial charge on any atom is -0.369 e. The van der Waals surface area contributed by atoms with Crippen molar-refractivity contribution < 1.29 is 9.53 Å². The summed E-state index contributed by atoms with van der Waals surface area (Å²) in [4.78, 5) is 14.3. The largest absolute Gasteiger partial charge is 0.369 e. The molecule has 21 heavy (non-hydrogen) atoms. The summed E-state index contributed by atoms with van der Waals surface area (Å²) in [5.41, 5.74) is 0. The monoisotopic (exact) mass is 320 g/mol. The number of likely N-dealkylation sites (tertiary alicyclic amines) is 1. The molecule has 0 aromatic heterocycles. The quantitative estimate of drug-likeness (QED) is 0.747. The van der Waals surface area contributed by atoms with Gasteiger partial charge in [0.15, 0.2) is 0 Å². The molecular weight excluding hydrogens is 288 g/mol. The van der Waals surface area contributed by atoms with Crippen LogP contribution in [0.4, 0.5) is 0 Å². The maximum absolute atomic E-state index is 12.3. The van der Waals surface area contributed by atoms with Crippen LogP contribution >= 0.6 is 12.4 Å². The summed E-state index contributed by atoms with van der Waals surface area (Å²) in [6.07, 6.45) is 2.94. The van der Waals surface area contributed by atoms with Gasteiger partial charge in [-0.15, -0.1) is 12.4 Å². The Kier molecular flexibility index (Phi) is 11.1. The fourth-order valence-corrected chi connectivity index (χ4v) is 2.51. The van der Waals surface area contributed by atoms with E-state index in [1.807, 2.05) is 11.8 Å². The van der Waals surface area contributed by atoms with E-state index in [-0.39, 0.29) is 24.4 Å². The number of halogens is 1. The van der Waals surface area contributed by atoms with E-state index in [1.165, 1.54) is 0 Å². The van der Waals surface area contributed by atoms with Gasteiger partial charge < -0.3 is 15.0 Å². The molecule has 0 aliphatic carbocycles. The number of hydrogen-bond donors (Lipinski definition) is 1. The second kappa shape index (κ2) is 11.3. The molecule has 1 aliphatic rings. The molecule has 0 aromatic rings. The van der Waals surface area contributed by atoms with E-state index in [4.69, 9.17) is 4.74 Å². The van der Waals surface area contributed by atoms with Crippen LogP contribution in [0.3, 0.4) is 0 Å². The van der Waals surface area contributed by atoms with E-state index in [0.29, 0.717) is 12.5 Å². The first-order valence-corrected chi connectivity index (χ1v) is 8.15. The minimum absolute atomic E-state index is 0. The third-order valence-corrected chi connectivity index (χ3v) is 4.02. The van der Waals surface area contributed by atoms with Gasteiger partial charge in [0.1, 0.15) is 6.10 Å². The van der Waals surface area contributed by atoms with Crippen LogP contribution in [-0.2, 0) is 9.53 Å². The fourth-order valence-electron chi connectivity index (χ4n) is 2.51. The predicted molar refractivity (Wildman–Crippen MR) is 90.0 cm³/mol. The third-order valence-electron chi connectivity index (χ3n) is 4.02. The Labute approximate surface area is 136 Å². The molecule has 1 unspecified atom stereocenters. The van der Waals surface area contributed by atoms with Crippen LogP contribution in [0.25, 0.3) is 0 Å². The van der Waals surface area contributed by atoms with Crippen LogP contribution in [0.1, 0.15) is 47.0 Å². The molecule has 0 spiro atoms. The number of carbonyl (C=O) groups excluding carboxylic acids is 1. The molecule has 1 amide bonds. The maximum Gasteiger partial charge on any atom is 0.251 e. The van der Waals surface area contributed by atoms with Gasteiger partial charge in [0.05, 0.1) is 0 Å². The first-order valence-electron chi connectivity index (χ1n) is 8.15. The van der Waals surface area contributed by atoms with Gasteiger partial charge in [0, 0.05) is 19.7 Å². The maximum atomic E-state index is 12.3. The van der Waals surface area contributed by atoms with Gasteiger partial charge in [-0.25, -0.2) is 0 Å². The zero-order valence-electron chi connectivity index (χ0n) is 14.1. The Morgan fingerprint density at radius 1 is 1.29 bits per heavy atom. The molecule has 0 radical (unpaired) electrons. The van der Waals surface area contributed by atoms with Crippen molar-refractivity contribution in [2.24, 2.45) is 11.8 Å². The normalized spacial score (nSPS) is 17.7.